The lowest BCUT2D eigenvalue weighted by Crippen LogP contribution is -2.36. The summed E-state index contributed by atoms with van der Waals surface area (Å²) in [4.78, 5) is 0.461. The second-order valence-electron chi connectivity index (χ2n) is 5.39. The van der Waals surface area contributed by atoms with Crippen molar-refractivity contribution in [3.8, 4) is 0 Å². The molecule has 1 aromatic rings. The standard InChI is InChI=1S/C15H23NO2S/c1-3-11-16-14-9-10-15(12(14)2)19(17,18)13-7-5-4-6-8-13/h4-8,12,14-16H,3,9-11H2,1-2H3. The molecule has 4 heteroatoms. The molecule has 0 amide bonds. The van der Waals surface area contributed by atoms with Crippen LogP contribution in [0.1, 0.15) is 33.1 Å². The largest absolute Gasteiger partial charge is 0.314 e. The molecule has 106 valence electrons. The van der Waals surface area contributed by atoms with Crippen molar-refractivity contribution >= 4 is 9.84 Å². The van der Waals surface area contributed by atoms with Crippen molar-refractivity contribution < 1.29 is 8.42 Å². The molecule has 1 saturated carbocycles. The third-order valence-electron chi connectivity index (χ3n) is 4.11. The van der Waals surface area contributed by atoms with Crippen molar-refractivity contribution in [2.75, 3.05) is 6.54 Å². The average molecular weight is 281 g/mol. The Morgan fingerprint density at radius 2 is 1.89 bits per heavy atom. The molecular formula is C15H23NO2S. The minimum Gasteiger partial charge on any atom is -0.314 e. The summed E-state index contributed by atoms with van der Waals surface area (Å²) in [6, 6.07) is 9.17. The molecule has 0 saturated heterocycles. The fraction of sp³-hybridized carbons (Fsp3) is 0.600. The highest BCUT2D eigenvalue weighted by Crippen LogP contribution is 2.34. The summed E-state index contributed by atoms with van der Waals surface area (Å²) in [5.41, 5.74) is 0. The van der Waals surface area contributed by atoms with Crippen LogP contribution in [0, 0.1) is 5.92 Å². The van der Waals surface area contributed by atoms with Crippen LogP contribution in [-0.4, -0.2) is 26.3 Å². The third kappa shape index (κ3) is 3.00. The molecular weight excluding hydrogens is 258 g/mol. The van der Waals surface area contributed by atoms with Crippen LogP contribution in [0.5, 0.6) is 0 Å². The maximum absolute atomic E-state index is 12.6. The minimum atomic E-state index is -3.19. The van der Waals surface area contributed by atoms with Crippen LogP contribution in [0.25, 0.3) is 0 Å². The zero-order chi connectivity index (χ0) is 13.9. The maximum Gasteiger partial charge on any atom is 0.181 e. The Kier molecular flexibility index (Phi) is 4.63. The Balaban J connectivity index is 2.15. The summed E-state index contributed by atoms with van der Waals surface area (Å²) in [6.45, 7) is 5.16. The summed E-state index contributed by atoms with van der Waals surface area (Å²) >= 11 is 0. The molecule has 1 aliphatic rings. The van der Waals surface area contributed by atoms with Crippen molar-refractivity contribution in [2.45, 2.75) is 49.3 Å². The van der Waals surface area contributed by atoms with E-state index in [0.717, 1.165) is 25.8 Å². The van der Waals surface area contributed by atoms with Crippen molar-refractivity contribution in [3.05, 3.63) is 30.3 Å². The number of hydrogen-bond donors (Lipinski definition) is 1. The summed E-state index contributed by atoms with van der Waals surface area (Å²) in [6.07, 6.45) is 2.80. The van der Waals surface area contributed by atoms with Gasteiger partial charge in [-0.15, -0.1) is 0 Å². The highest BCUT2D eigenvalue weighted by molar-refractivity contribution is 7.92. The van der Waals surface area contributed by atoms with Gasteiger partial charge in [-0.3, -0.25) is 0 Å². The molecule has 0 radical (unpaired) electrons. The highest BCUT2D eigenvalue weighted by atomic mass is 32.2. The Morgan fingerprint density at radius 3 is 2.53 bits per heavy atom. The van der Waals surface area contributed by atoms with Gasteiger partial charge in [0.1, 0.15) is 0 Å². The molecule has 0 aliphatic heterocycles. The van der Waals surface area contributed by atoms with E-state index in [1.54, 1.807) is 24.3 Å². The minimum absolute atomic E-state index is 0.178. The predicted octanol–water partition coefficient (Wildman–Crippen LogP) is 2.63. The van der Waals surface area contributed by atoms with Gasteiger partial charge in [-0.1, -0.05) is 32.0 Å². The Hall–Kier alpha value is -0.870. The topological polar surface area (TPSA) is 46.2 Å². The van der Waals surface area contributed by atoms with Crippen molar-refractivity contribution in [1.82, 2.24) is 5.32 Å². The first-order valence-electron chi connectivity index (χ1n) is 7.09. The van der Waals surface area contributed by atoms with E-state index in [1.165, 1.54) is 0 Å². The van der Waals surface area contributed by atoms with Gasteiger partial charge in [0, 0.05) is 6.04 Å². The van der Waals surface area contributed by atoms with Crippen LogP contribution >= 0.6 is 0 Å². The lowest BCUT2D eigenvalue weighted by atomic mass is 10.1. The lowest BCUT2D eigenvalue weighted by Gasteiger charge is -2.21. The molecule has 2 rings (SSSR count). The quantitative estimate of drug-likeness (QED) is 0.902. The van der Waals surface area contributed by atoms with Gasteiger partial charge < -0.3 is 5.32 Å². The number of nitrogens with one attached hydrogen (secondary N) is 1. The molecule has 1 aliphatic carbocycles. The molecule has 0 heterocycles. The zero-order valence-corrected chi connectivity index (χ0v) is 12.5. The molecule has 0 aromatic heterocycles. The SMILES string of the molecule is CCCNC1CCC(S(=O)(=O)c2ccccc2)C1C. The van der Waals surface area contributed by atoms with E-state index >= 15 is 0 Å². The van der Waals surface area contributed by atoms with E-state index in [1.807, 2.05) is 6.07 Å². The van der Waals surface area contributed by atoms with Gasteiger partial charge in [0.15, 0.2) is 9.84 Å². The van der Waals surface area contributed by atoms with Gasteiger partial charge >= 0.3 is 0 Å². The average Bonchev–Trinajstić information content (AvgIpc) is 2.79. The predicted molar refractivity (Wildman–Crippen MR) is 77.9 cm³/mol. The molecule has 1 N–H and O–H groups in total. The molecule has 1 fully saturated rings. The second kappa shape index (κ2) is 6.06. The van der Waals surface area contributed by atoms with E-state index in [-0.39, 0.29) is 11.2 Å². The monoisotopic (exact) mass is 281 g/mol. The zero-order valence-electron chi connectivity index (χ0n) is 11.7. The van der Waals surface area contributed by atoms with Gasteiger partial charge in [-0.2, -0.15) is 0 Å². The van der Waals surface area contributed by atoms with Gasteiger partial charge in [0.25, 0.3) is 0 Å². The Morgan fingerprint density at radius 1 is 1.21 bits per heavy atom. The van der Waals surface area contributed by atoms with Crippen LogP contribution in [0.4, 0.5) is 0 Å². The first-order chi connectivity index (χ1) is 9.07. The summed E-state index contributed by atoms with van der Waals surface area (Å²) in [7, 11) is -3.19. The van der Waals surface area contributed by atoms with Crippen molar-refractivity contribution in [2.24, 2.45) is 5.92 Å². The van der Waals surface area contributed by atoms with Crippen LogP contribution in [0.2, 0.25) is 0 Å². The number of hydrogen-bond acceptors (Lipinski definition) is 3. The van der Waals surface area contributed by atoms with E-state index in [4.69, 9.17) is 0 Å². The lowest BCUT2D eigenvalue weighted by molar-refractivity contribution is 0.425. The second-order valence-corrected chi connectivity index (χ2v) is 7.56. The van der Waals surface area contributed by atoms with Crippen LogP contribution in [-0.2, 0) is 9.84 Å². The molecule has 3 nitrogen and oxygen atoms in total. The molecule has 3 unspecified atom stereocenters. The van der Waals surface area contributed by atoms with Crippen LogP contribution < -0.4 is 5.32 Å². The number of rotatable bonds is 5. The van der Waals surface area contributed by atoms with E-state index < -0.39 is 9.84 Å². The molecule has 3 atom stereocenters. The molecule has 1 aromatic carbocycles. The molecule has 19 heavy (non-hydrogen) atoms. The van der Waals surface area contributed by atoms with Crippen molar-refractivity contribution in [1.29, 1.82) is 0 Å². The fourth-order valence-corrected chi connectivity index (χ4v) is 5.06. The molecule has 0 bridgehead atoms. The van der Waals surface area contributed by atoms with E-state index in [2.05, 4.69) is 19.2 Å². The summed E-state index contributed by atoms with van der Waals surface area (Å²) in [5.74, 6) is 0.178. The first-order valence-corrected chi connectivity index (χ1v) is 8.64. The smallest absolute Gasteiger partial charge is 0.181 e. The first kappa shape index (κ1) is 14.5. The Labute approximate surface area is 116 Å². The van der Waals surface area contributed by atoms with Gasteiger partial charge in [-0.25, -0.2) is 8.42 Å². The number of benzene rings is 1. The third-order valence-corrected chi connectivity index (χ3v) is 6.50. The van der Waals surface area contributed by atoms with Gasteiger partial charge in [0.2, 0.25) is 0 Å². The molecule has 0 spiro atoms. The summed E-state index contributed by atoms with van der Waals surface area (Å²) in [5, 5.41) is 3.22. The normalized spacial score (nSPS) is 27.6. The van der Waals surface area contributed by atoms with Crippen LogP contribution in [0.15, 0.2) is 35.2 Å². The summed E-state index contributed by atoms with van der Waals surface area (Å²) < 4.78 is 25.3. The number of sulfone groups is 1. The van der Waals surface area contributed by atoms with E-state index in [0.29, 0.717) is 10.9 Å². The fourth-order valence-electron chi connectivity index (χ4n) is 2.97. The Bertz CT molecular complexity index is 498. The highest BCUT2D eigenvalue weighted by Gasteiger charge is 2.41. The van der Waals surface area contributed by atoms with E-state index in [9.17, 15) is 8.42 Å². The van der Waals surface area contributed by atoms with Crippen LogP contribution in [0.3, 0.4) is 0 Å². The van der Waals surface area contributed by atoms with Gasteiger partial charge in [0.05, 0.1) is 10.1 Å². The van der Waals surface area contributed by atoms with Crippen molar-refractivity contribution in [3.63, 3.8) is 0 Å². The maximum atomic E-state index is 12.6. The van der Waals surface area contributed by atoms with Gasteiger partial charge in [-0.05, 0) is 43.9 Å².